The number of anilines is 2. The van der Waals surface area contributed by atoms with E-state index in [4.69, 9.17) is 9.47 Å². The SMILES string of the molecule is COc1cccc(CCNc2ccc(NC(=O)C3CCOCC3)cc2)c1. The number of nitrogens with one attached hydrogen (secondary N) is 2. The van der Waals surface area contributed by atoms with Crippen LogP contribution in [-0.4, -0.2) is 32.8 Å². The second kappa shape index (κ2) is 9.25. The highest BCUT2D eigenvalue weighted by Crippen LogP contribution is 2.19. The molecule has 5 heteroatoms. The molecule has 2 aromatic carbocycles. The van der Waals surface area contributed by atoms with Gasteiger partial charge in [-0.3, -0.25) is 4.79 Å². The van der Waals surface area contributed by atoms with Crippen LogP contribution in [-0.2, 0) is 16.0 Å². The summed E-state index contributed by atoms with van der Waals surface area (Å²) in [6.45, 7) is 2.18. The Morgan fingerprint density at radius 1 is 1.12 bits per heavy atom. The van der Waals surface area contributed by atoms with E-state index in [1.54, 1.807) is 7.11 Å². The van der Waals surface area contributed by atoms with E-state index in [1.165, 1.54) is 5.56 Å². The van der Waals surface area contributed by atoms with Gasteiger partial charge in [0.15, 0.2) is 0 Å². The molecular weight excluding hydrogens is 328 g/mol. The van der Waals surface area contributed by atoms with Crippen molar-refractivity contribution in [2.75, 3.05) is 37.5 Å². The molecular formula is C21H26N2O3. The lowest BCUT2D eigenvalue weighted by Crippen LogP contribution is -2.28. The molecule has 26 heavy (non-hydrogen) atoms. The molecule has 1 amide bonds. The van der Waals surface area contributed by atoms with Crippen molar-refractivity contribution in [1.82, 2.24) is 0 Å². The van der Waals surface area contributed by atoms with Crippen molar-refractivity contribution < 1.29 is 14.3 Å². The number of rotatable bonds is 7. The topological polar surface area (TPSA) is 59.6 Å². The molecule has 1 saturated heterocycles. The van der Waals surface area contributed by atoms with Gasteiger partial charge in [-0.15, -0.1) is 0 Å². The van der Waals surface area contributed by atoms with Gasteiger partial charge < -0.3 is 20.1 Å². The summed E-state index contributed by atoms with van der Waals surface area (Å²) in [7, 11) is 1.68. The van der Waals surface area contributed by atoms with E-state index in [-0.39, 0.29) is 11.8 Å². The molecule has 2 N–H and O–H groups in total. The zero-order chi connectivity index (χ0) is 18.2. The van der Waals surface area contributed by atoms with E-state index >= 15 is 0 Å². The maximum Gasteiger partial charge on any atom is 0.227 e. The zero-order valence-electron chi connectivity index (χ0n) is 15.2. The molecule has 0 bridgehead atoms. The highest BCUT2D eigenvalue weighted by atomic mass is 16.5. The minimum absolute atomic E-state index is 0.0596. The summed E-state index contributed by atoms with van der Waals surface area (Å²) in [6, 6.07) is 16.0. The second-order valence-corrected chi connectivity index (χ2v) is 6.48. The molecule has 2 aromatic rings. The van der Waals surface area contributed by atoms with Gasteiger partial charge in [-0.1, -0.05) is 12.1 Å². The van der Waals surface area contributed by atoms with Crippen LogP contribution >= 0.6 is 0 Å². The summed E-state index contributed by atoms with van der Waals surface area (Å²) in [5.41, 5.74) is 3.11. The normalized spacial score (nSPS) is 14.7. The zero-order valence-corrected chi connectivity index (χ0v) is 15.2. The average molecular weight is 354 g/mol. The quantitative estimate of drug-likeness (QED) is 0.796. The lowest BCUT2D eigenvalue weighted by molar-refractivity contribution is -0.122. The van der Waals surface area contributed by atoms with E-state index in [0.29, 0.717) is 13.2 Å². The first-order valence-corrected chi connectivity index (χ1v) is 9.10. The summed E-state index contributed by atoms with van der Waals surface area (Å²) < 4.78 is 10.5. The van der Waals surface area contributed by atoms with Crippen molar-refractivity contribution in [3.8, 4) is 5.75 Å². The monoisotopic (exact) mass is 354 g/mol. The van der Waals surface area contributed by atoms with Crippen LogP contribution < -0.4 is 15.4 Å². The van der Waals surface area contributed by atoms with E-state index in [9.17, 15) is 4.79 Å². The summed E-state index contributed by atoms with van der Waals surface area (Å²) >= 11 is 0. The summed E-state index contributed by atoms with van der Waals surface area (Å²) in [5, 5.41) is 6.40. The Morgan fingerprint density at radius 2 is 1.85 bits per heavy atom. The minimum Gasteiger partial charge on any atom is -0.497 e. The Bertz CT molecular complexity index is 709. The molecule has 138 valence electrons. The average Bonchev–Trinajstić information content (AvgIpc) is 2.70. The molecule has 0 aromatic heterocycles. The lowest BCUT2D eigenvalue weighted by atomic mass is 9.99. The number of ether oxygens (including phenoxy) is 2. The van der Waals surface area contributed by atoms with Gasteiger partial charge in [-0.25, -0.2) is 0 Å². The van der Waals surface area contributed by atoms with Crippen LogP contribution in [0.2, 0.25) is 0 Å². The Hall–Kier alpha value is -2.53. The molecule has 0 saturated carbocycles. The minimum atomic E-state index is 0.0596. The fourth-order valence-corrected chi connectivity index (χ4v) is 3.05. The van der Waals surface area contributed by atoms with E-state index in [0.717, 1.165) is 42.9 Å². The van der Waals surface area contributed by atoms with E-state index in [1.807, 2.05) is 36.4 Å². The molecule has 3 rings (SSSR count). The van der Waals surface area contributed by atoms with Crippen molar-refractivity contribution in [1.29, 1.82) is 0 Å². The number of hydrogen-bond acceptors (Lipinski definition) is 4. The number of benzene rings is 2. The molecule has 1 fully saturated rings. The van der Waals surface area contributed by atoms with Gasteiger partial charge in [0.05, 0.1) is 7.11 Å². The fraction of sp³-hybridized carbons (Fsp3) is 0.381. The molecule has 0 atom stereocenters. The van der Waals surface area contributed by atoms with Gasteiger partial charge in [-0.05, 0) is 61.2 Å². The molecule has 1 aliphatic heterocycles. The van der Waals surface area contributed by atoms with Gasteiger partial charge in [0.2, 0.25) is 5.91 Å². The Labute approximate surface area is 154 Å². The number of carbonyl (C=O) groups is 1. The molecule has 1 heterocycles. The maximum absolute atomic E-state index is 12.2. The highest BCUT2D eigenvalue weighted by Gasteiger charge is 2.21. The summed E-state index contributed by atoms with van der Waals surface area (Å²) in [6.07, 6.45) is 2.52. The number of carbonyl (C=O) groups excluding carboxylic acids is 1. The first kappa shape index (κ1) is 18.3. The van der Waals surface area contributed by atoms with E-state index < -0.39 is 0 Å². The van der Waals surface area contributed by atoms with Gasteiger partial charge in [-0.2, -0.15) is 0 Å². The van der Waals surface area contributed by atoms with Crippen LogP contribution in [0.4, 0.5) is 11.4 Å². The molecule has 0 aliphatic carbocycles. The van der Waals surface area contributed by atoms with Crippen LogP contribution in [0.5, 0.6) is 5.75 Å². The molecule has 5 nitrogen and oxygen atoms in total. The first-order valence-electron chi connectivity index (χ1n) is 9.10. The first-order chi connectivity index (χ1) is 12.7. The summed E-state index contributed by atoms with van der Waals surface area (Å²) in [4.78, 5) is 12.2. The maximum atomic E-state index is 12.2. The van der Waals surface area contributed by atoms with Crippen LogP contribution in [0.1, 0.15) is 18.4 Å². The Morgan fingerprint density at radius 3 is 2.58 bits per heavy atom. The van der Waals surface area contributed by atoms with Crippen molar-refractivity contribution in [3.63, 3.8) is 0 Å². The lowest BCUT2D eigenvalue weighted by Gasteiger charge is -2.21. The summed E-state index contributed by atoms with van der Waals surface area (Å²) in [5.74, 6) is 1.03. The molecule has 0 unspecified atom stereocenters. The molecule has 0 radical (unpaired) electrons. The van der Waals surface area contributed by atoms with Crippen LogP contribution in [0.3, 0.4) is 0 Å². The van der Waals surface area contributed by atoms with Gasteiger partial charge in [0.1, 0.15) is 5.75 Å². The van der Waals surface area contributed by atoms with Crippen molar-refractivity contribution in [2.24, 2.45) is 5.92 Å². The number of hydrogen-bond donors (Lipinski definition) is 2. The standard InChI is InChI=1S/C21H26N2O3/c1-25-20-4-2-3-16(15-20)9-12-22-18-5-7-19(8-6-18)23-21(24)17-10-13-26-14-11-17/h2-8,15,17,22H,9-14H2,1H3,(H,23,24). The van der Waals surface area contributed by atoms with Crippen LogP contribution in [0.15, 0.2) is 48.5 Å². The van der Waals surface area contributed by atoms with Crippen molar-refractivity contribution >= 4 is 17.3 Å². The molecule has 1 aliphatic rings. The number of amides is 1. The fourth-order valence-electron chi connectivity index (χ4n) is 3.05. The van der Waals surface area contributed by atoms with Crippen LogP contribution in [0.25, 0.3) is 0 Å². The number of methoxy groups -OCH3 is 1. The molecule has 0 spiro atoms. The predicted molar refractivity (Wildman–Crippen MR) is 104 cm³/mol. The smallest absolute Gasteiger partial charge is 0.227 e. The third-order valence-corrected chi connectivity index (χ3v) is 4.62. The Kier molecular flexibility index (Phi) is 6.50. The van der Waals surface area contributed by atoms with E-state index in [2.05, 4.69) is 22.8 Å². The predicted octanol–water partition coefficient (Wildman–Crippen LogP) is 3.71. The largest absolute Gasteiger partial charge is 0.497 e. The van der Waals surface area contributed by atoms with Gasteiger partial charge in [0.25, 0.3) is 0 Å². The van der Waals surface area contributed by atoms with Crippen molar-refractivity contribution in [2.45, 2.75) is 19.3 Å². The second-order valence-electron chi connectivity index (χ2n) is 6.48. The van der Waals surface area contributed by atoms with Gasteiger partial charge in [0, 0.05) is 37.1 Å². The third kappa shape index (κ3) is 5.23. The third-order valence-electron chi connectivity index (χ3n) is 4.62. The highest BCUT2D eigenvalue weighted by molar-refractivity contribution is 5.92. The van der Waals surface area contributed by atoms with Crippen LogP contribution in [0, 0.1) is 5.92 Å². The Balaban J connectivity index is 1.45. The van der Waals surface area contributed by atoms with Crippen molar-refractivity contribution in [3.05, 3.63) is 54.1 Å². The van der Waals surface area contributed by atoms with Gasteiger partial charge >= 0.3 is 0 Å².